The van der Waals surface area contributed by atoms with E-state index in [0.717, 1.165) is 0 Å². The van der Waals surface area contributed by atoms with E-state index >= 15 is 0 Å². The van der Waals surface area contributed by atoms with Gasteiger partial charge in [-0.05, 0) is 20.8 Å². The average Bonchev–Trinajstić information content (AvgIpc) is 2.35. The van der Waals surface area contributed by atoms with Crippen LogP contribution in [0.25, 0.3) is 0 Å². The molecule has 0 spiro atoms. The highest BCUT2D eigenvalue weighted by Gasteiger charge is 2.35. The van der Waals surface area contributed by atoms with E-state index in [1.165, 1.54) is 4.90 Å². The van der Waals surface area contributed by atoms with Crippen LogP contribution in [0.15, 0.2) is 12.4 Å². The summed E-state index contributed by atoms with van der Waals surface area (Å²) in [5, 5.41) is 8.94. The Hall–Kier alpha value is -1.76. The van der Waals surface area contributed by atoms with Crippen LogP contribution in [0, 0.1) is 0 Å². The SMILES string of the molecule is CC(C)(C)OC(=O)N1C=CN2C[C@H](C(=O)O)OC[C@@H]2C1. The van der Waals surface area contributed by atoms with Crippen molar-refractivity contribution < 1.29 is 24.2 Å². The van der Waals surface area contributed by atoms with Gasteiger partial charge in [0.05, 0.1) is 25.7 Å². The topological polar surface area (TPSA) is 79.3 Å². The maximum absolute atomic E-state index is 12.0. The number of aliphatic carboxylic acids is 1. The van der Waals surface area contributed by atoms with Crippen LogP contribution < -0.4 is 0 Å². The zero-order valence-corrected chi connectivity index (χ0v) is 11.9. The second-order valence-corrected chi connectivity index (χ2v) is 5.94. The molecule has 0 aromatic carbocycles. The number of carboxylic acids is 1. The number of hydrogen-bond donors (Lipinski definition) is 1. The normalized spacial score (nSPS) is 26.1. The van der Waals surface area contributed by atoms with Gasteiger partial charge in [-0.3, -0.25) is 4.90 Å². The van der Waals surface area contributed by atoms with Gasteiger partial charge in [-0.1, -0.05) is 0 Å². The third-order valence-electron chi connectivity index (χ3n) is 3.08. The molecule has 2 aliphatic heterocycles. The molecule has 0 aliphatic carbocycles. The van der Waals surface area contributed by atoms with Crippen LogP contribution in [-0.2, 0) is 14.3 Å². The molecule has 112 valence electrons. The molecule has 0 saturated carbocycles. The van der Waals surface area contributed by atoms with Crippen molar-refractivity contribution in [3.63, 3.8) is 0 Å². The molecule has 1 N–H and O–H groups in total. The zero-order chi connectivity index (χ0) is 14.9. The molecule has 2 rings (SSSR count). The van der Waals surface area contributed by atoms with Crippen molar-refractivity contribution in [2.75, 3.05) is 19.7 Å². The number of hydrogen-bond acceptors (Lipinski definition) is 5. The summed E-state index contributed by atoms with van der Waals surface area (Å²) in [6, 6.07) is -0.0388. The Kier molecular flexibility index (Phi) is 3.89. The van der Waals surface area contributed by atoms with E-state index in [9.17, 15) is 9.59 Å². The van der Waals surface area contributed by atoms with Gasteiger partial charge in [-0.15, -0.1) is 0 Å². The number of morpholine rings is 1. The van der Waals surface area contributed by atoms with E-state index in [0.29, 0.717) is 13.1 Å². The molecule has 20 heavy (non-hydrogen) atoms. The molecule has 1 saturated heterocycles. The third kappa shape index (κ3) is 3.41. The van der Waals surface area contributed by atoms with Crippen LogP contribution in [0.2, 0.25) is 0 Å². The van der Waals surface area contributed by atoms with E-state index in [1.54, 1.807) is 12.4 Å². The van der Waals surface area contributed by atoms with Crippen molar-refractivity contribution >= 4 is 12.1 Å². The molecule has 0 aromatic rings. The minimum atomic E-state index is -0.966. The monoisotopic (exact) mass is 284 g/mol. The summed E-state index contributed by atoms with van der Waals surface area (Å²) in [4.78, 5) is 26.2. The van der Waals surface area contributed by atoms with E-state index in [1.807, 2.05) is 25.7 Å². The molecule has 7 nitrogen and oxygen atoms in total. The van der Waals surface area contributed by atoms with Crippen LogP contribution >= 0.6 is 0 Å². The first-order valence-electron chi connectivity index (χ1n) is 6.54. The lowest BCUT2D eigenvalue weighted by Gasteiger charge is -2.42. The lowest BCUT2D eigenvalue weighted by molar-refractivity contribution is -0.158. The van der Waals surface area contributed by atoms with Gasteiger partial charge in [0.25, 0.3) is 0 Å². The number of carbonyl (C=O) groups excluding carboxylic acids is 1. The van der Waals surface area contributed by atoms with Crippen molar-refractivity contribution in [1.82, 2.24) is 9.80 Å². The Morgan fingerprint density at radius 3 is 2.60 bits per heavy atom. The first-order valence-corrected chi connectivity index (χ1v) is 6.54. The van der Waals surface area contributed by atoms with Crippen LogP contribution in [0.3, 0.4) is 0 Å². The zero-order valence-electron chi connectivity index (χ0n) is 11.9. The highest BCUT2D eigenvalue weighted by molar-refractivity contribution is 5.73. The number of rotatable bonds is 1. The standard InChI is InChI=1S/C13H20N2O5/c1-13(2,3)20-12(18)15-5-4-14-7-10(11(16)17)19-8-9(14)6-15/h4-5,9-10H,6-8H2,1-3H3,(H,16,17)/t9-,10+/m0/s1. The maximum atomic E-state index is 12.0. The van der Waals surface area contributed by atoms with Gasteiger partial charge in [0.15, 0.2) is 6.10 Å². The van der Waals surface area contributed by atoms with Crippen LogP contribution in [0.1, 0.15) is 20.8 Å². The van der Waals surface area contributed by atoms with E-state index < -0.39 is 23.8 Å². The molecule has 0 unspecified atom stereocenters. The summed E-state index contributed by atoms with van der Waals surface area (Å²) in [6.45, 7) is 6.43. The van der Waals surface area contributed by atoms with Gasteiger partial charge >= 0.3 is 12.1 Å². The third-order valence-corrected chi connectivity index (χ3v) is 3.08. The van der Waals surface area contributed by atoms with Crippen molar-refractivity contribution in [1.29, 1.82) is 0 Å². The molecule has 2 heterocycles. The van der Waals surface area contributed by atoms with E-state index in [4.69, 9.17) is 14.6 Å². The van der Waals surface area contributed by atoms with Crippen molar-refractivity contribution in [2.45, 2.75) is 38.5 Å². The fourth-order valence-corrected chi connectivity index (χ4v) is 2.12. The number of nitrogens with zero attached hydrogens (tertiary/aromatic N) is 2. The van der Waals surface area contributed by atoms with Gasteiger partial charge in [0.2, 0.25) is 0 Å². The second kappa shape index (κ2) is 5.32. The highest BCUT2D eigenvalue weighted by Crippen LogP contribution is 2.20. The fourth-order valence-electron chi connectivity index (χ4n) is 2.12. The predicted molar refractivity (Wildman–Crippen MR) is 69.9 cm³/mol. The predicted octanol–water partition coefficient (Wildman–Crippen LogP) is 0.862. The lowest BCUT2D eigenvalue weighted by Crippen LogP contribution is -2.56. The quantitative estimate of drug-likeness (QED) is 0.769. The largest absolute Gasteiger partial charge is 0.479 e. The molecule has 0 aromatic heterocycles. The molecule has 2 aliphatic rings. The summed E-state index contributed by atoms with van der Waals surface area (Å²) in [7, 11) is 0. The molecule has 1 fully saturated rings. The highest BCUT2D eigenvalue weighted by atomic mass is 16.6. The number of ether oxygens (including phenoxy) is 2. The Balaban J connectivity index is 1.98. The maximum Gasteiger partial charge on any atom is 0.414 e. The van der Waals surface area contributed by atoms with Gasteiger partial charge < -0.3 is 19.5 Å². The summed E-state index contributed by atoms with van der Waals surface area (Å²) in [5.74, 6) is -0.966. The minimum absolute atomic E-state index is 0.0388. The van der Waals surface area contributed by atoms with E-state index in [2.05, 4.69) is 0 Å². The van der Waals surface area contributed by atoms with Gasteiger partial charge in [0.1, 0.15) is 5.60 Å². The summed E-state index contributed by atoms with van der Waals surface area (Å²) < 4.78 is 10.6. The Labute approximate surface area is 117 Å². The van der Waals surface area contributed by atoms with Crippen molar-refractivity contribution in [2.24, 2.45) is 0 Å². The molecule has 2 atom stereocenters. The average molecular weight is 284 g/mol. The Morgan fingerprint density at radius 1 is 1.30 bits per heavy atom. The van der Waals surface area contributed by atoms with Crippen LogP contribution in [0.5, 0.6) is 0 Å². The Bertz CT molecular complexity index is 429. The Morgan fingerprint density at radius 2 is 2.00 bits per heavy atom. The minimum Gasteiger partial charge on any atom is -0.479 e. The molecular formula is C13H20N2O5. The summed E-state index contributed by atoms with van der Waals surface area (Å²) in [5.41, 5.74) is -0.542. The van der Waals surface area contributed by atoms with Gasteiger partial charge in [-0.25, -0.2) is 9.59 Å². The number of carbonyl (C=O) groups is 2. The van der Waals surface area contributed by atoms with Crippen LogP contribution in [0.4, 0.5) is 4.79 Å². The molecular weight excluding hydrogens is 264 g/mol. The molecule has 0 radical (unpaired) electrons. The smallest absolute Gasteiger partial charge is 0.414 e. The van der Waals surface area contributed by atoms with Gasteiger partial charge in [-0.2, -0.15) is 0 Å². The second-order valence-electron chi connectivity index (χ2n) is 5.94. The molecule has 1 amide bonds. The van der Waals surface area contributed by atoms with Crippen molar-refractivity contribution in [3.8, 4) is 0 Å². The van der Waals surface area contributed by atoms with Crippen molar-refractivity contribution in [3.05, 3.63) is 12.4 Å². The molecule has 7 heteroatoms. The van der Waals surface area contributed by atoms with Crippen LogP contribution in [-0.4, -0.2) is 64.4 Å². The number of amides is 1. The first-order chi connectivity index (χ1) is 9.26. The summed E-state index contributed by atoms with van der Waals surface area (Å²) in [6.07, 6.45) is 2.11. The lowest BCUT2D eigenvalue weighted by atomic mass is 10.1. The number of fused-ring (bicyclic) bond motifs is 1. The fraction of sp³-hybridized carbons (Fsp3) is 0.692. The summed E-state index contributed by atoms with van der Waals surface area (Å²) >= 11 is 0. The van der Waals surface area contributed by atoms with E-state index in [-0.39, 0.29) is 12.6 Å². The molecule has 0 bridgehead atoms. The first kappa shape index (κ1) is 14.6. The number of carboxylic acid groups (broad SMARTS) is 1. The van der Waals surface area contributed by atoms with Gasteiger partial charge in [0, 0.05) is 12.4 Å².